The molecule has 120 valence electrons. The number of ether oxygens (including phenoxy) is 2. The first-order chi connectivity index (χ1) is 10.3. The molecule has 5 heteroatoms. The first-order valence-electron chi connectivity index (χ1n) is 7.78. The molecule has 3 rings (SSSR count). The fourth-order valence-corrected chi connectivity index (χ4v) is 4.22. The van der Waals surface area contributed by atoms with Crippen molar-refractivity contribution in [2.45, 2.75) is 58.5 Å². The third-order valence-electron chi connectivity index (χ3n) is 4.09. The Morgan fingerprint density at radius 3 is 2.68 bits per heavy atom. The summed E-state index contributed by atoms with van der Waals surface area (Å²) in [5.41, 5.74) is 3.96. The van der Waals surface area contributed by atoms with Gasteiger partial charge >= 0.3 is 6.09 Å². The molecule has 4 nitrogen and oxygen atoms in total. The average molecular weight is 368 g/mol. The summed E-state index contributed by atoms with van der Waals surface area (Å²) in [6.07, 6.45) is 2.69. The molecule has 1 amide bonds. The molecular formula is C17H22BrNO3. The van der Waals surface area contributed by atoms with Gasteiger partial charge in [0.15, 0.2) is 0 Å². The molecule has 22 heavy (non-hydrogen) atoms. The molecule has 0 bridgehead atoms. The summed E-state index contributed by atoms with van der Waals surface area (Å²) in [4.78, 5) is 12.2. The number of nitrogens with one attached hydrogen (secondary N) is 1. The van der Waals surface area contributed by atoms with Gasteiger partial charge < -0.3 is 9.47 Å². The predicted molar refractivity (Wildman–Crippen MR) is 89.9 cm³/mol. The van der Waals surface area contributed by atoms with Crippen LogP contribution in [0.5, 0.6) is 5.75 Å². The monoisotopic (exact) mass is 367 g/mol. The molecule has 1 unspecified atom stereocenters. The maximum absolute atomic E-state index is 12.2. The van der Waals surface area contributed by atoms with Crippen molar-refractivity contribution in [1.82, 2.24) is 0 Å². The standard InChI is InChI=1S/C17H22BrNO3/c1-9-8-21-15-12(9)13(18)10-6-5-7-11(10)14(15)19-16(20)22-17(2,3)4/h9H,5-8H2,1-4H3,(H,19,20). The molecule has 0 saturated heterocycles. The van der Waals surface area contributed by atoms with Crippen LogP contribution in [0.25, 0.3) is 0 Å². The van der Waals surface area contributed by atoms with Gasteiger partial charge in [-0.15, -0.1) is 0 Å². The topological polar surface area (TPSA) is 47.6 Å². The Morgan fingerprint density at radius 1 is 1.32 bits per heavy atom. The third kappa shape index (κ3) is 2.71. The predicted octanol–water partition coefficient (Wildman–Crippen LogP) is 4.78. The number of carbonyl (C=O) groups is 1. The van der Waals surface area contributed by atoms with Gasteiger partial charge in [-0.2, -0.15) is 0 Å². The highest BCUT2D eigenvalue weighted by Crippen LogP contribution is 2.50. The van der Waals surface area contributed by atoms with Crippen LogP contribution in [0, 0.1) is 0 Å². The molecule has 1 atom stereocenters. The maximum Gasteiger partial charge on any atom is 0.412 e. The smallest absolute Gasteiger partial charge is 0.412 e. The van der Waals surface area contributed by atoms with Crippen molar-refractivity contribution in [3.8, 4) is 5.75 Å². The van der Waals surface area contributed by atoms with Gasteiger partial charge in [-0.1, -0.05) is 22.9 Å². The minimum Gasteiger partial charge on any atom is -0.490 e. The van der Waals surface area contributed by atoms with Crippen molar-refractivity contribution in [2.24, 2.45) is 0 Å². The zero-order chi connectivity index (χ0) is 16.1. The van der Waals surface area contributed by atoms with Gasteiger partial charge in [0.05, 0.1) is 12.3 Å². The largest absolute Gasteiger partial charge is 0.490 e. The Hall–Kier alpha value is -1.23. The van der Waals surface area contributed by atoms with Gasteiger partial charge in [0, 0.05) is 16.0 Å². The van der Waals surface area contributed by atoms with Gasteiger partial charge in [-0.3, -0.25) is 5.32 Å². The zero-order valence-corrected chi connectivity index (χ0v) is 15.1. The van der Waals surface area contributed by atoms with Crippen molar-refractivity contribution in [2.75, 3.05) is 11.9 Å². The molecule has 0 spiro atoms. The number of benzene rings is 1. The summed E-state index contributed by atoms with van der Waals surface area (Å²) >= 11 is 3.75. The van der Waals surface area contributed by atoms with E-state index in [0.29, 0.717) is 12.5 Å². The third-order valence-corrected chi connectivity index (χ3v) is 4.99. The number of anilines is 1. The van der Waals surface area contributed by atoms with Crippen LogP contribution in [-0.4, -0.2) is 18.3 Å². The SMILES string of the molecule is CC1COc2c(NC(=O)OC(C)(C)C)c3c(c(Br)c21)CCC3. The van der Waals surface area contributed by atoms with Crippen LogP contribution >= 0.6 is 15.9 Å². The lowest BCUT2D eigenvalue weighted by Crippen LogP contribution is -2.27. The summed E-state index contributed by atoms with van der Waals surface area (Å²) in [5, 5.41) is 2.94. The fraction of sp³-hybridized carbons (Fsp3) is 0.588. The van der Waals surface area contributed by atoms with E-state index in [2.05, 4.69) is 28.2 Å². The molecule has 0 radical (unpaired) electrons. The van der Waals surface area contributed by atoms with Gasteiger partial charge in [0.25, 0.3) is 0 Å². The molecule has 1 aliphatic heterocycles. The molecule has 1 N–H and O–H groups in total. The van der Waals surface area contributed by atoms with Crippen LogP contribution in [0.3, 0.4) is 0 Å². The van der Waals surface area contributed by atoms with Crippen LogP contribution in [0.4, 0.5) is 10.5 Å². The first kappa shape index (κ1) is 15.7. The first-order valence-corrected chi connectivity index (χ1v) is 8.57. The van der Waals surface area contributed by atoms with Crippen molar-refractivity contribution < 1.29 is 14.3 Å². The number of carbonyl (C=O) groups excluding carboxylic acids is 1. The van der Waals surface area contributed by atoms with E-state index in [9.17, 15) is 4.79 Å². The van der Waals surface area contributed by atoms with E-state index >= 15 is 0 Å². The van der Waals surface area contributed by atoms with Crippen LogP contribution in [0.2, 0.25) is 0 Å². The van der Waals surface area contributed by atoms with E-state index in [4.69, 9.17) is 9.47 Å². The van der Waals surface area contributed by atoms with Crippen LogP contribution < -0.4 is 10.1 Å². The van der Waals surface area contributed by atoms with Crippen LogP contribution in [0.1, 0.15) is 56.7 Å². The summed E-state index contributed by atoms with van der Waals surface area (Å²) in [5.74, 6) is 1.14. The molecule has 0 aromatic heterocycles. The van der Waals surface area contributed by atoms with E-state index in [1.54, 1.807) is 0 Å². The molecule has 0 saturated carbocycles. The Labute approximate surface area is 139 Å². The highest BCUT2D eigenvalue weighted by molar-refractivity contribution is 9.10. The van der Waals surface area contributed by atoms with Crippen LogP contribution in [0.15, 0.2) is 4.47 Å². The van der Waals surface area contributed by atoms with Crippen LogP contribution in [-0.2, 0) is 17.6 Å². The fourth-order valence-electron chi connectivity index (χ4n) is 3.22. The highest BCUT2D eigenvalue weighted by atomic mass is 79.9. The van der Waals surface area contributed by atoms with Gasteiger partial charge in [-0.25, -0.2) is 4.79 Å². The lowest BCUT2D eigenvalue weighted by molar-refractivity contribution is 0.0635. The molecule has 1 aromatic carbocycles. The zero-order valence-electron chi connectivity index (χ0n) is 13.5. The van der Waals surface area contributed by atoms with E-state index in [0.717, 1.165) is 35.2 Å². The summed E-state index contributed by atoms with van der Waals surface area (Å²) in [6, 6.07) is 0. The number of rotatable bonds is 1. The Kier molecular flexibility index (Phi) is 3.87. The summed E-state index contributed by atoms with van der Waals surface area (Å²) < 4.78 is 12.4. The van der Waals surface area contributed by atoms with E-state index in [1.165, 1.54) is 16.7 Å². The van der Waals surface area contributed by atoms with Crippen molar-refractivity contribution >= 4 is 27.7 Å². The minimum absolute atomic E-state index is 0.328. The van der Waals surface area contributed by atoms with Crippen molar-refractivity contribution in [1.29, 1.82) is 0 Å². The average Bonchev–Trinajstić information content (AvgIpc) is 2.99. The molecule has 1 heterocycles. The second-order valence-corrected chi connectivity index (χ2v) is 7.87. The summed E-state index contributed by atoms with van der Waals surface area (Å²) in [6.45, 7) is 8.39. The number of hydrogen-bond donors (Lipinski definition) is 1. The second-order valence-electron chi connectivity index (χ2n) is 7.08. The molecular weight excluding hydrogens is 346 g/mol. The van der Waals surface area contributed by atoms with Gasteiger partial charge in [-0.05, 0) is 51.2 Å². The lowest BCUT2D eigenvalue weighted by atomic mass is 9.96. The number of amides is 1. The highest BCUT2D eigenvalue weighted by Gasteiger charge is 2.33. The normalized spacial score (nSPS) is 19.4. The molecule has 1 aromatic rings. The van der Waals surface area contributed by atoms with Crippen molar-refractivity contribution in [3.05, 3.63) is 21.2 Å². The Morgan fingerprint density at radius 2 is 2.00 bits per heavy atom. The van der Waals surface area contributed by atoms with Gasteiger partial charge in [0.2, 0.25) is 0 Å². The van der Waals surface area contributed by atoms with E-state index in [-0.39, 0.29) is 0 Å². The number of hydrogen-bond acceptors (Lipinski definition) is 3. The quantitative estimate of drug-likeness (QED) is 0.776. The second kappa shape index (κ2) is 5.44. The summed E-state index contributed by atoms with van der Waals surface area (Å²) in [7, 11) is 0. The number of fused-ring (bicyclic) bond motifs is 2. The number of halogens is 1. The minimum atomic E-state index is -0.514. The maximum atomic E-state index is 12.2. The molecule has 1 aliphatic carbocycles. The Bertz CT molecular complexity index is 634. The Balaban J connectivity index is 2.01. The van der Waals surface area contributed by atoms with E-state index < -0.39 is 11.7 Å². The lowest BCUT2D eigenvalue weighted by Gasteiger charge is -2.22. The van der Waals surface area contributed by atoms with Gasteiger partial charge in [0.1, 0.15) is 11.4 Å². The van der Waals surface area contributed by atoms with Crippen molar-refractivity contribution in [3.63, 3.8) is 0 Å². The van der Waals surface area contributed by atoms with E-state index in [1.807, 2.05) is 20.8 Å². The molecule has 0 fully saturated rings. The molecule has 2 aliphatic rings.